The minimum atomic E-state index is -1.11. The van der Waals surface area contributed by atoms with E-state index in [1.807, 2.05) is 6.92 Å². The minimum Gasteiger partial charge on any atom is -0.348 e. The molecule has 5 N–H and O–H groups in total. The fraction of sp³-hybridized carbons (Fsp3) is 0.357. The molecular formula is C14H18N4O3. The van der Waals surface area contributed by atoms with Crippen LogP contribution in [0.3, 0.4) is 0 Å². The highest BCUT2D eigenvalue weighted by Gasteiger charge is 2.43. The number of hydrogen-bond donors (Lipinski definition) is 4. The van der Waals surface area contributed by atoms with Crippen molar-refractivity contribution >= 4 is 17.8 Å². The summed E-state index contributed by atoms with van der Waals surface area (Å²) >= 11 is 0. The van der Waals surface area contributed by atoms with E-state index in [1.54, 1.807) is 31.2 Å². The Balaban J connectivity index is 2.18. The first-order valence-corrected chi connectivity index (χ1v) is 6.62. The third-order valence-electron chi connectivity index (χ3n) is 3.50. The molecule has 1 aliphatic heterocycles. The van der Waals surface area contributed by atoms with Crippen molar-refractivity contribution in [3.8, 4) is 0 Å². The summed E-state index contributed by atoms with van der Waals surface area (Å²) in [6.45, 7) is 3.78. The molecule has 21 heavy (non-hydrogen) atoms. The van der Waals surface area contributed by atoms with Gasteiger partial charge in [0, 0.05) is 18.2 Å². The van der Waals surface area contributed by atoms with E-state index in [0.29, 0.717) is 17.7 Å². The van der Waals surface area contributed by atoms with Gasteiger partial charge in [0.25, 0.3) is 11.8 Å². The Morgan fingerprint density at radius 1 is 1.33 bits per heavy atom. The number of carbonyl (C=O) groups is 3. The SMILES string of the molecule is C[C@@H](CN)NC(=O)c1ccc(C2(C)NC(=O)NC2=O)cc1. The molecule has 1 saturated heterocycles. The van der Waals surface area contributed by atoms with E-state index in [0.717, 1.165) is 0 Å². The topological polar surface area (TPSA) is 113 Å². The molecule has 112 valence electrons. The van der Waals surface area contributed by atoms with Crippen LogP contribution in [-0.2, 0) is 10.3 Å². The highest BCUT2D eigenvalue weighted by molar-refractivity contribution is 6.07. The molecule has 1 heterocycles. The van der Waals surface area contributed by atoms with Crippen LogP contribution in [0.2, 0.25) is 0 Å². The number of urea groups is 1. The average molecular weight is 290 g/mol. The van der Waals surface area contributed by atoms with E-state index < -0.39 is 17.5 Å². The van der Waals surface area contributed by atoms with Gasteiger partial charge in [0.1, 0.15) is 5.54 Å². The Bertz CT molecular complexity index is 584. The van der Waals surface area contributed by atoms with E-state index in [1.165, 1.54) is 0 Å². The van der Waals surface area contributed by atoms with Gasteiger partial charge in [0.15, 0.2) is 0 Å². The second-order valence-corrected chi connectivity index (χ2v) is 5.22. The fourth-order valence-electron chi connectivity index (χ4n) is 2.07. The molecule has 1 aromatic rings. The van der Waals surface area contributed by atoms with Crippen molar-refractivity contribution in [2.24, 2.45) is 5.73 Å². The first-order valence-electron chi connectivity index (χ1n) is 6.62. The molecule has 4 amide bonds. The van der Waals surface area contributed by atoms with Gasteiger partial charge in [-0.2, -0.15) is 0 Å². The van der Waals surface area contributed by atoms with Crippen LogP contribution in [0, 0.1) is 0 Å². The summed E-state index contributed by atoms with van der Waals surface area (Å²) in [5, 5.41) is 7.51. The molecule has 7 heteroatoms. The normalized spacial score (nSPS) is 22.4. The number of amides is 4. The third kappa shape index (κ3) is 2.87. The molecule has 0 saturated carbocycles. The molecule has 0 radical (unpaired) electrons. The lowest BCUT2D eigenvalue weighted by Crippen LogP contribution is -2.40. The molecule has 0 aromatic heterocycles. The van der Waals surface area contributed by atoms with Crippen LogP contribution >= 0.6 is 0 Å². The number of rotatable bonds is 4. The number of carbonyl (C=O) groups excluding carboxylic acids is 3. The van der Waals surface area contributed by atoms with Gasteiger partial charge in [-0.1, -0.05) is 12.1 Å². The van der Waals surface area contributed by atoms with Crippen LogP contribution in [0.1, 0.15) is 29.8 Å². The number of imide groups is 1. The predicted molar refractivity (Wildman–Crippen MR) is 76.5 cm³/mol. The monoisotopic (exact) mass is 290 g/mol. The van der Waals surface area contributed by atoms with Crippen molar-refractivity contribution in [1.82, 2.24) is 16.0 Å². The molecular weight excluding hydrogens is 272 g/mol. The maximum Gasteiger partial charge on any atom is 0.322 e. The third-order valence-corrected chi connectivity index (χ3v) is 3.50. The van der Waals surface area contributed by atoms with Crippen LogP contribution in [0.5, 0.6) is 0 Å². The van der Waals surface area contributed by atoms with E-state index in [4.69, 9.17) is 5.73 Å². The van der Waals surface area contributed by atoms with Gasteiger partial charge in [-0.25, -0.2) is 4.79 Å². The standard InChI is InChI=1S/C14H18N4O3/c1-8(7-15)16-11(19)9-3-5-10(6-4-9)14(2)12(20)17-13(21)18-14/h3-6,8H,7,15H2,1-2H3,(H,16,19)(H2,17,18,20,21)/t8-,14?/m0/s1. The van der Waals surface area contributed by atoms with Gasteiger partial charge < -0.3 is 16.4 Å². The fourth-order valence-corrected chi connectivity index (χ4v) is 2.07. The number of nitrogens with two attached hydrogens (primary N) is 1. The lowest BCUT2D eigenvalue weighted by molar-refractivity contribution is -0.123. The maximum atomic E-state index is 11.9. The van der Waals surface area contributed by atoms with Gasteiger partial charge in [-0.15, -0.1) is 0 Å². The van der Waals surface area contributed by atoms with Gasteiger partial charge >= 0.3 is 6.03 Å². The zero-order valence-corrected chi connectivity index (χ0v) is 11.9. The molecule has 0 aliphatic carbocycles. The van der Waals surface area contributed by atoms with Crippen LogP contribution < -0.4 is 21.7 Å². The van der Waals surface area contributed by atoms with Gasteiger partial charge in [0.2, 0.25) is 0 Å². The van der Waals surface area contributed by atoms with Gasteiger partial charge in [-0.3, -0.25) is 14.9 Å². The Labute approximate surface area is 122 Å². The Hall–Kier alpha value is -2.41. The molecule has 0 bridgehead atoms. The summed E-state index contributed by atoms with van der Waals surface area (Å²) in [5.74, 6) is -0.647. The van der Waals surface area contributed by atoms with E-state index in [2.05, 4.69) is 16.0 Å². The molecule has 1 aliphatic rings. The summed E-state index contributed by atoms with van der Waals surface area (Å²) in [4.78, 5) is 35.0. The van der Waals surface area contributed by atoms with E-state index in [9.17, 15) is 14.4 Å². The molecule has 2 rings (SSSR count). The smallest absolute Gasteiger partial charge is 0.322 e. The molecule has 7 nitrogen and oxygen atoms in total. The van der Waals surface area contributed by atoms with E-state index in [-0.39, 0.29) is 11.9 Å². The second kappa shape index (κ2) is 5.53. The number of nitrogens with one attached hydrogen (secondary N) is 3. The zero-order valence-electron chi connectivity index (χ0n) is 11.9. The lowest BCUT2D eigenvalue weighted by atomic mass is 9.91. The molecule has 0 spiro atoms. The van der Waals surface area contributed by atoms with Crippen molar-refractivity contribution in [2.75, 3.05) is 6.54 Å². The first-order chi connectivity index (χ1) is 9.86. The zero-order chi connectivity index (χ0) is 15.6. The average Bonchev–Trinajstić information content (AvgIpc) is 2.72. The second-order valence-electron chi connectivity index (χ2n) is 5.22. The van der Waals surface area contributed by atoms with Crippen LogP contribution in [-0.4, -0.2) is 30.4 Å². The predicted octanol–water partition coefficient (Wildman–Crippen LogP) is -0.182. The Morgan fingerprint density at radius 2 is 1.95 bits per heavy atom. The van der Waals surface area contributed by atoms with Crippen LogP contribution in [0.15, 0.2) is 24.3 Å². The maximum absolute atomic E-state index is 11.9. The van der Waals surface area contributed by atoms with Crippen molar-refractivity contribution in [1.29, 1.82) is 0 Å². The molecule has 2 atom stereocenters. The van der Waals surface area contributed by atoms with Crippen molar-refractivity contribution in [3.63, 3.8) is 0 Å². The number of hydrogen-bond acceptors (Lipinski definition) is 4. The molecule has 1 fully saturated rings. The van der Waals surface area contributed by atoms with Crippen LogP contribution in [0.25, 0.3) is 0 Å². The highest BCUT2D eigenvalue weighted by atomic mass is 16.2. The van der Waals surface area contributed by atoms with Crippen molar-refractivity contribution in [2.45, 2.75) is 25.4 Å². The summed E-state index contributed by atoms with van der Waals surface area (Å²) in [7, 11) is 0. The largest absolute Gasteiger partial charge is 0.348 e. The van der Waals surface area contributed by atoms with E-state index >= 15 is 0 Å². The quantitative estimate of drug-likeness (QED) is 0.576. The Kier molecular flexibility index (Phi) is 3.95. The number of benzene rings is 1. The molecule has 1 aromatic carbocycles. The minimum absolute atomic E-state index is 0.116. The summed E-state index contributed by atoms with van der Waals surface area (Å²) in [6, 6.07) is 5.87. The summed E-state index contributed by atoms with van der Waals surface area (Å²) in [6.07, 6.45) is 0. The van der Waals surface area contributed by atoms with Gasteiger partial charge in [0.05, 0.1) is 0 Å². The first kappa shape index (κ1) is 15.0. The summed E-state index contributed by atoms with van der Waals surface area (Å²) < 4.78 is 0. The van der Waals surface area contributed by atoms with Crippen LogP contribution in [0.4, 0.5) is 4.79 Å². The Morgan fingerprint density at radius 3 is 2.43 bits per heavy atom. The van der Waals surface area contributed by atoms with Crippen molar-refractivity contribution < 1.29 is 14.4 Å². The molecule has 1 unspecified atom stereocenters. The summed E-state index contributed by atoms with van der Waals surface area (Å²) in [5.41, 5.74) is 5.41. The lowest BCUT2D eigenvalue weighted by Gasteiger charge is -2.21. The highest BCUT2D eigenvalue weighted by Crippen LogP contribution is 2.24. The van der Waals surface area contributed by atoms with Crippen molar-refractivity contribution in [3.05, 3.63) is 35.4 Å². The van der Waals surface area contributed by atoms with Gasteiger partial charge in [-0.05, 0) is 31.5 Å².